The van der Waals surface area contributed by atoms with Crippen LogP contribution in [-0.4, -0.2) is 30.2 Å². The zero-order valence-corrected chi connectivity index (χ0v) is 8.42. The van der Waals surface area contributed by atoms with E-state index in [4.69, 9.17) is 10.8 Å². The normalized spacial score (nSPS) is 15.3. The van der Waals surface area contributed by atoms with Crippen molar-refractivity contribution in [3.63, 3.8) is 0 Å². The molecule has 0 fully saturated rings. The average molecular weight is 188 g/mol. The SMILES string of the molecule is CCC(NCC(C)CCO)C(N)=O. The summed E-state index contributed by atoms with van der Waals surface area (Å²) in [6.45, 7) is 4.86. The molecule has 13 heavy (non-hydrogen) atoms. The van der Waals surface area contributed by atoms with Gasteiger partial charge in [0.1, 0.15) is 0 Å². The van der Waals surface area contributed by atoms with Gasteiger partial charge in [0.2, 0.25) is 5.91 Å². The van der Waals surface area contributed by atoms with Crippen molar-refractivity contribution in [3.05, 3.63) is 0 Å². The Bertz CT molecular complexity index is 151. The zero-order chi connectivity index (χ0) is 10.3. The van der Waals surface area contributed by atoms with Crippen LogP contribution in [0, 0.1) is 5.92 Å². The van der Waals surface area contributed by atoms with Crippen LogP contribution in [0.15, 0.2) is 0 Å². The fourth-order valence-corrected chi connectivity index (χ4v) is 1.11. The fourth-order valence-electron chi connectivity index (χ4n) is 1.11. The number of nitrogens with two attached hydrogens (primary N) is 1. The van der Waals surface area contributed by atoms with Crippen LogP contribution in [0.2, 0.25) is 0 Å². The number of amides is 1. The number of nitrogens with one attached hydrogen (secondary N) is 1. The Balaban J connectivity index is 3.65. The summed E-state index contributed by atoms with van der Waals surface area (Å²) < 4.78 is 0. The summed E-state index contributed by atoms with van der Waals surface area (Å²) in [6, 6.07) is -0.235. The number of rotatable bonds is 7. The molecule has 0 heterocycles. The third-order valence-corrected chi connectivity index (χ3v) is 2.09. The highest BCUT2D eigenvalue weighted by atomic mass is 16.3. The molecular formula is C9H20N2O2. The van der Waals surface area contributed by atoms with E-state index in [1.54, 1.807) is 0 Å². The minimum atomic E-state index is -0.307. The smallest absolute Gasteiger partial charge is 0.234 e. The van der Waals surface area contributed by atoms with Crippen molar-refractivity contribution in [2.45, 2.75) is 32.7 Å². The third-order valence-electron chi connectivity index (χ3n) is 2.09. The molecule has 0 spiro atoms. The van der Waals surface area contributed by atoms with Crippen molar-refractivity contribution in [2.75, 3.05) is 13.2 Å². The first-order valence-electron chi connectivity index (χ1n) is 4.75. The van der Waals surface area contributed by atoms with Crippen molar-refractivity contribution < 1.29 is 9.90 Å². The van der Waals surface area contributed by atoms with Gasteiger partial charge in [-0.05, 0) is 25.3 Å². The van der Waals surface area contributed by atoms with Crippen LogP contribution in [0.5, 0.6) is 0 Å². The van der Waals surface area contributed by atoms with Gasteiger partial charge in [-0.3, -0.25) is 4.79 Å². The molecule has 0 aromatic heterocycles. The zero-order valence-electron chi connectivity index (χ0n) is 8.42. The molecule has 0 aliphatic heterocycles. The van der Waals surface area contributed by atoms with E-state index in [0.717, 1.165) is 13.0 Å². The van der Waals surface area contributed by atoms with Crippen LogP contribution in [0.1, 0.15) is 26.7 Å². The lowest BCUT2D eigenvalue weighted by Gasteiger charge is -2.16. The van der Waals surface area contributed by atoms with Crippen LogP contribution >= 0.6 is 0 Å². The van der Waals surface area contributed by atoms with E-state index in [1.165, 1.54) is 0 Å². The van der Waals surface area contributed by atoms with Crippen molar-refractivity contribution in [3.8, 4) is 0 Å². The Kier molecular flexibility index (Phi) is 6.54. The molecule has 0 aliphatic carbocycles. The molecule has 4 heteroatoms. The second kappa shape index (κ2) is 6.86. The van der Waals surface area contributed by atoms with Gasteiger partial charge >= 0.3 is 0 Å². The largest absolute Gasteiger partial charge is 0.396 e. The van der Waals surface area contributed by atoms with Crippen LogP contribution in [0.3, 0.4) is 0 Å². The highest BCUT2D eigenvalue weighted by Crippen LogP contribution is 1.99. The number of hydrogen-bond acceptors (Lipinski definition) is 3. The first-order chi connectivity index (χ1) is 6.11. The van der Waals surface area contributed by atoms with Gasteiger partial charge < -0.3 is 16.2 Å². The molecule has 4 nitrogen and oxygen atoms in total. The lowest BCUT2D eigenvalue weighted by atomic mass is 10.1. The summed E-state index contributed by atoms with van der Waals surface area (Å²) >= 11 is 0. The van der Waals surface area contributed by atoms with Gasteiger partial charge in [0.05, 0.1) is 6.04 Å². The van der Waals surface area contributed by atoms with Gasteiger partial charge in [0.25, 0.3) is 0 Å². The Labute approximate surface area is 79.5 Å². The van der Waals surface area contributed by atoms with Crippen molar-refractivity contribution in [1.29, 1.82) is 0 Å². The van der Waals surface area contributed by atoms with Gasteiger partial charge in [0, 0.05) is 6.61 Å². The Morgan fingerprint density at radius 3 is 2.62 bits per heavy atom. The molecule has 0 saturated carbocycles. The maximum atomic E-state index is 10.8. The van der Waals surface area contributed by atoms with Crippen LogP contribution < -0.4 is 11.1 Å². The van der Waals surface area contributed by atoms with Gasteiger partial charge in [-0.2, -0.15) is 0 Å². The molecule has 1 amide bonds. The fraction of sp³-hybridized carbons (Fsp3) is 0.889. The Hall–Kier alpha value is -0.610. The van der Waals surface area contributed by atoms with E-state index in [0.29, 0.717) is 12.3 Å². The lowest BCUT2D eigenvalue weighted by Crippen LogP contribution is -2.42. The number of primary amides is 1. The molecule has 0 aliphatic rings. The van der Waals surface area contributed by atoms with E-state index in [-0.39, 0.29) is 18.6 Å². The molecular weight excluding hydrogens is 168 g/mol. The summed E-state index contributed by atoms with van der Waals surface area (Å²) in [5.41, 5.74) is 5.16. The quantitative estimate of drug-likeness (QED) is 0.520. The second-order valence-electron chi connectivity index (χ2n) is 3.39. The molecule has 4 N–H and O–H groups in total. The summed E-state index contributed by atoms with van der Waals surface area (Å²) in [4.78, 5) is 10.8. The topological polar surface area (TPSA) is 75.3 Å². The first-order valence-corrected chi connectivity index (χ1v) is 4.75. The maximum Gasteiger partial charge on any atom is 0.234 e. The highest BCUT2D eigenvalue weighted by Gasteiger charge is 2.12. The summed E-state index contributed by atoms with van der Waals surface area (Å²) in [5, 5.41) is 11.7. The van der Waals surface area contributed by atoms with E-state index in [1.807, 2.05) is 13.8 Å². The molecule has 2 unspecified atom stereocenters. The Morgan fingerprint density at radius 2 is 2.23 bits per heavy atom. The maximum absolute atomic E-state index is 10.8. The van der Waals surface area contributed by atoms with Gasteiger partial charge in [-0.25, -0.2) is 0 Å². The van der Waals surface area contributed by atoms with Crippen molar-refractivity contribution in [1.82, 2.24) is 5.32 Å². The van der Waals surface area contributed by atoms with E-state index >= 15 is 0 Å². The number of aliphatic hydroxyl groups excluding tert-OH is 1. The standard InChI is InChI=1S/C9H20N2O2/c1-3-8(9(10)13)11-6-7(2)4-5-12/h7-8,11-12H,3-6H2,1-2H3,(H2,10,13). The third kappa shape index (κ3) is 5.60. The predicted molar refractivity (Wildman–Crippen MR) is 52.1 cm³/mol. The summed E-state index contributed by atoms with van der Waals surface area (Å²) in [5.74, 6) is 0.0668. The predicted octanol–water partition coefficient (Wildman–Crippen LogP) is -0.142. The second-order valence-corrected chi connectivity index (χ2v) is 3.39. The molecule has 78 valence electrons. The molecule has 0 bridgehead atoms. The monoisotopic (exact) mass is 188 g/mol. The van der Waals surface area contributed by atoms with Gasteiger partial charge in [-0.1, -0.05) is 13.8 Å². The van der Waals surface area contributed by atoms with Crippen LogP contribution in [0.25, 0.3) is 0 Å². The summed E-state index contributed by atoms with van der Waals surface area (Å²) in [7, 11) is 0. The van der Waals surface area contributed by atoms with Crippen molar-refractivity contribution in [2.24, 2.45) is 11.7 Å². The highest BCUT2D eigenvalue weighted by molar-refractivity contribution is 5.79. The summed E-state index contributed by atoms with van der Waals surface area (Å²) in [6.07, 6.45) is 1.46. The molecule has 0 saturated heterocycles. The molecule has 0 aromatic carbocycles. The average Bonchev–Trinajstić information content (AvgIpc) is 2.05. The first kappa shape index (κ1) is 12.4. The number of aliphatic hydroxyl groups is 1. The van der Waals surface area contributed by atoms with E-state index in [9.17, 15) is 4.79 Å². The van der Waals surface area contributed by atoms with Crippen LogP contribution in [0.4, 0.5) is 0 Å². The van der Waals surface area contributed by atoms with E-state index < -0.39 is 0 Å². The molecule has 0 rings (SSSR count). The number of hydrogen-bond donors (Lipinski definition) is 3. The molecule has 0 radical (unpaired) electrons. The van der Waals surface area contributed by atoms with Gasteiger partial charge in [0.15, 0.2) is 0 Å². The molecule has 0 aromatic rings. The minimum Gasteiger partial charge on any atom is -0.396 e. The van der Waals surface area contributed by atoms with Crippen LogP contribution in [-0.2, 0) is 4.79 Å². The van der Waals surface area contributed by atoms with Gasteiger partial charge in [-0.15, -0.1) is 0 Å². The van der Waals surface area contributed by atoms with E-state index in [2.05, 4.69) is 5.32 Å². The Morgan fingerprint density at radius 1 is 1.62 bits per heavy atom. The minimum absolute atomic E-state index is 0.191. The number of carbonyl (C=O) groups is 1. The van der Waals surface area contributed by atoms with Crippen molar-refractivity contribution >= 4 is 5.91 Å². The molecule has 2 atom stereocenters. The number of carbonyl (C=O) groups excluding carboxylic acids is 1. The lowest BCUT2D eigenvalue weighted by molar-refractivity contribution is -0.120.